The van der Waals surface area contributed by atoms with Gasteiger partial charge < -0.3 is 25.2 Å². The number of rotatable bonds is 24. The molecule has 0 radical (unpaired) electrons. The number of carboxylic acids is 2. The molecule has 0 aliphatic carbocycles. The molecule has 0 fully saturated rings. The van der Waals surface area contributed by atoms with Crippen molar-refractivity contribution in [3.63, 3.8) is 0 Å². The van der Waals surface area contributed by atoms with Crippen molar-refractivity contribution in [2.24, 2.45) is 0 Å². The molecule has 8 heteroatoms. The number of carbonyl (C=O) groups is 3. The number of unbranched alkanes of at least 4 members (excludes halogenated alkanes) is 15. The number of esters is 1. The molecule has 0 aromatic rings. The fourth-order valence-corrected chi connectivity index (χ4v) is 3.51. The van der Waals surface area contributed by atoms with E-state index in [9.17, 15) is 14.4 Å². The predicted octanol–water partition coefficient (Wildman–Crippen LogP) is 5.86. The van der Waals surface area contributed by atoms with Crippen molar-refractivity contribution < 1.29 is 39.5 Å². The van der Waals surface area contributed by atoms with Crippen molar-refractivity contribution in [1.29, 1.82) is 0 Å². The van der Waals surface area contributed by atoms with E-state index >= 15 is 0 Å². The Morgan fingerprint density at radius 2 is 0.943 bits per heavy atom. The summed E-state index contributed by atoms with van der Waals surface area (Å²) in [5, 5.41) is 34.0. The Kier molecular flexibility index (Phi) is 29.0. The lowest BCUT2D eigenvalue weighted by Gasteiger charge is -2.08. The van der Waals surface area contributed by atoms with Crippen LogP contribution in [0, 0.1) is 0 Å². The van der Waals surface area contributed by atoms with Gasteiger partial charge in [0, 0.05) is 19.3 Å². The van der Waals surface area contributed by atoms with Gasteiger partial charge in [0.05, 0.1) is 6.61 Å². The van der Waals surface area contributed by atoms with Crippen LogP contribution in [0.25, 0.3) is 0 Å². The van der Waals surface area contributed by atoms with Crippen LogP contribution < -0.4 is 0 Å². The highest BCUT2D eigenvalue weighted by molar-refractivity contribution is 5.69. The van der Waals surface area contributed by atoms with Crippen LogP contribution in [0.1, 0.15) is 135 Å². The Hall–Kier alpha value is -1.67. The Labute approximate surface area is 212 Å². The van der Waals surface area contributed by atoms with Crippen molar-refractivity contribution in [2.75, 3.05) is 13.2 Å². The Balaban J connectivity index is 0. The zero-order chi connectivity index (χ0) is 26.6. The van der Waals surface area contributed by atoms with Crippen molar-refractivity contribution in [1.82, 2.24) is 0 Å². The molecule has 0 rings (SSSR count). The molecular formula is C27H52O8. The highest BCUT2D eigenvalue weighted by Crippen LogP contribution is 2.13. The average Bonchev–Trinajstić information content (AvgIpc) is 2.82. The van der Waals surface area contributed by atoms with E-state index in [1.54, 1.807) is 0 Å². The number of carboxylic acid groups (broad SMARTS) is 2. The van der Waals surface area contributed by atoms with E-state index in [2.05, 4.69) is 6.92 Å². The number of aliphatic carboxylic acids is 2. The van der Waals surface area contributed by atoms with E-state index in [0.717, 1.165) is 12.8 Å². The normalized spacial score (nSPS) is 11.4. The van der Waals surface area contributed by atoms with Crippen LogP contribution in [0.3, 0.4) is 0 Å². The van der Waals surface area contributed by atoms with Gasteiger partial charge in [0.1, 0.15) is 12.7 Å². The summed E-state index contributed by atoms with van der Waals surface area (Å²) in [7, 11) is 0. The first-order valence-corrected chi connectivity index (χ1v) is 13.7. The summed E-state index contributed by atoms with van der Waals surface area (Å²) in [4.78, 5) is 31.2. The second-order valence-corrected chi connectivity index (χ2v) is 9.21. The van der Waals surface area contributed by atoms with Crippen LogP contribution in [0.5, 0.6) is 0 Å². The van der Waals surface area contributed by atoms with Gasteiger partial charge in [-0.1, -0.05) is 96.8 Å². The van der Waals surface area contributed by atoms with Crippen LogP contribution in [-0.4, -0.2) is 57.7 Å². The molecule has 0 aromatic carbocycles. The van der Waals surface area contributed by atoms with E-state index in [4.69, 9.17) is 25.2 Å². The monoisotopic (exact) mass is 504 g/mol. The Bertz CT molecular complexity index is 480. The smallest absolute Gasteiger partial charge is 0.305 e. The molecule has 8 nitrogen and oxygen atoms in total. The maximum Gasteiger partial charge on any atom is 0.305 e. The van der Waals surface area contributed by atoms with Gasteiger partial charge in [-0.2, -0.15) is 0 Å². The minimum absolute atomic E-state index is 0.0628. The molecule has 0 heterocycles. The van der Waals surface area contributed by atoms with Crippen molar-refractivity contribution >= 4 is 17.9 Å². The molecule has 1 unspecified atom stereocenters. The SMILES string of the molecule is CCCCCCCCCCCCCCCCCC(=O)OCC(O)CO.O=C(O)CCCCC(=O)O. The molecule has 0 spiro atoms. The maximum absolute atomic E-state index is 11.4. The topological polar surface area (TPSA) is 141 Å². The van der Waals surface area contributed by atoms with E-state index in [-0.39, 0.29) is 32.0 Å². The van der Waals surface area contributed by atoms with E-state index in [1.807, 2.05) is 0 Å². The quantitative estimate of drug-likeness (QED) is 0.0946. The highest BCUT2D eigenvalue weighted by Gasteiger charge is 2.07. The second-order valence-electron chi connectivity index (χ2n) is 9.21. The lowest BCUT2D eigenvalue weighted by atomic mass is 10.0. The van der Waals surface area contributed by atoms with Crippen LogP contribution in [-0.2, 0) is 19.1 Å². The molecular weight excluding hydrogens is 452 g/mol. The number of aliphatic hydroxyl groups is 2. The third-order valence-electron chi connectivity index (χ3n) is 5.66. The summed E-state index contributed by atoms with van der Waals surface area (Å²) in [6.45, 7) is 1.79. The molecule has 0 amide bonds. The lowest BCUT2D eigenvalue weighted by Crippen LogP contribution is -2.21. The number of ether oxygens (including phenoxy) is 1. The number of carbonyl (C=O) groups excluding carboxylic acids is 1. The van der Waals surface area contributed by atoms with Crippen molar-refractivity contribution in [3.8, 4) is 0 Å². The summed E-state index contributed by atoms with van der Waals surface area (Å²) >= 11 is 0. The summed E-state index contributed by atoms with van der Waals surface area (Å²) < 4.78 is 4.86. The van der Waals surface area contributed by atoms with Gasteiger partial charge in [-0.15, -0.1) is 0 Å². The fourth-order valence-electron chi connectivity index (χ4n) is 3.51. The minimum atomic E-state index is -0.954. The molecule has 1 atom stereocenters. The van der Waals surface area contributed by atoms with Crippen LogP contribution in [0.4, 0.5) is 0 Å². The zero-order valence-electron chi connectivity index (χ0n) is 22.1. The van der Waals surface area contributed by atoms with Crippen molar-refractivity contribution in [2.45, 2.75) is 141 Å². The predicted molar refractivity (Wildman–Crippen MR) is 137 cm³/mol. The first-order valence-electron chi connectivity index (χ1n) is 13.7. The molecule has 0 bridgehead atoms. The Morgan fingerprint density at radius 3 is 1.29 bits per heavy atom. The maximum atomic E-state index is 11.4. The molecule has 0 aliphatic heterocycles. The van der Waals surface area contributed by atoms with E-state index in [0.29, 0.717) is 19.3 Å². The van der Waals surface area contributed by atoms with Crippen molar-refractivity contribution in [3.05, 3.63) is 0 Å². The largest absolute Gasteiger partial charge is 0.481 e. The summed E-state index contributed by atoms with van der Waals surface area (Å²) in [5.41, 5.74) is 0. The summed E-state index contributed by atoms with van der Waals surface area (Å²) in [5.74, 6) is -2.02. The molecule has 0 aromatic heterocycles. The number of aliphatic hydroxyl groups excluding tert-OH is 2. The van der Waals surface area contributed by atoms with Gasteiger partial charge >= 0.3 is 17.9 Å². The van der Waals surface area contributed by atoms with E-state index < -0.39 is 18.0 Å². The first kappa shape index (κ1) is 35.5. The van der Waals surface area contributed by atoms with Gasteiger partial charge in [-0.3, -0.25) is 14.4 Å². The van der Waals surface area contributed by atoms with E-state index in [1.165, 1.54) is 83.5 Å². The van der Waals surface area contributed by atoms with Gasteiger partial charge in [0.25, 0.3) is 0 Å². The van der Waals surface area contributed by atoms with Crippen LogP contribution in [0.15, 0.2) is 0 Å². The molecule has 0 saturated carbocycles. The number of hydrogen-bond acceptors (Lipinski definition) is 6. The fraction of sp³-hybridized carbons (Fsp3) is 0.889. The van der Waals surface area contributed by atoms with Crippen LogP contribution >= 0.6 is 0 Å². The first-order chi connectivity index (χ1) is 16.8. The average molecular weight is 505 g/mol. The van der Waals surface area contributed by atoms with Crippen LogP contribution in [0.2, 0.25) is 0 Å². The second kappa shape index (κ2) is 28.6. The molecule has 0 saturated heterocycles. The summed E-state index contributed by atoms with van der Waals surface area (Å²) in [6.07, 6.45) is 20.0. The zero-order valence-corrected chi connectivity index (χ0v) is 22.1. The third kappa shape index (κ3) is 34.6. The number of hydrogen-bond donors (Lipinski definition) is 4. The lowest BCUT2D eigenvalue weighted by molar-refractivity contribution is -0.147. The highest BCUT2D eigenvalue weighted by atomic mass is 16.5. The molecule has 0 aliphatic rings. The molecule has 208 valence electrons. The molecule has 4 N–H and O–H groups in total. The minimum Gasteiger partial charge on any atom is -0.481 e. The van der Waals surface area contributed by atoms with Gasteiger partial charge in [0.2, 0.25) is 0 Å². The Morgan fingerprint density at radius 1 is 0.600 bits per heavy atom. The third-order valence-corrected chi connectivity index (χ3v) is 5.66. The molecule has 35 heavy (non-hydrogen) atoms. The van der Waals surface area contributed by atoms with Gasteiger partial charge in [0.15, 0.2) is 0 Å². The van der Waals surface area contributed by atoms with Gasteiger partial charge in [-0.25, -0.2) is 0 Å². The summed E-state index contributed by atoms with van der Waals surface area (Å²) in [6, 6.07) is 0. The standard InChI is InChI=1S/C21H42O4.C6H10O4/c1-2-3-4-5-6-7-8-9-10-11-12-13-14-15-16-17-21(24)25-19-20(23)18-22;7-5(8)3-1-2-4-6(9)10/h20,22-23H,2-19H2,1H3;1-4H2,(H,7,8)(H,9,10). The van der Waals surface area contributed by atoms with Gasteiger partial charge in [-0.05, 0) is 19.3 Å².